The van der Waals surface area contributed by atoms with Gasteiger partial charge in [0.05, 0.1) is 13.2 Å². The van der Waals surface area contributed by atoms with Crippen LogP contribution in [0.1, 0.15) is 38.2 Å². The summed E-state index contributed by atoms with van der Waals surface area (Å²) in [5, 5.41) is 21.4. The van der Waals surface area contributed by atoms with E-state index in [0.29, 0.717) is 12.3 Å². The molecule has 22 heavy (non-hydrogen) atoms. The molecular formula is C17H25NO4. The number of benzene rings is 1. The highest BCUT2D eigenvalue weighted by molar-refractivity contribution is 5.91. The molecular weight excluding hydrogens is 282 g/mol. The average molecular weight is 307 g/mol. The molecule has 0 aliphatic carbocycles. The SMILES string of the molecule is COc1cc(/C=C\C(=O)NCCCCCC(C)O)ccc1O. The second-order valence-corrected chi connectivity index (χ2v) is 5.25. The van der Waals surface area contributed by atoms with Crippen molar-refractivity contribution in [1.82, 2.24) is 5.32 Å². The monoisotopic (exact) mass is 307 g/mol. The fourth-order valence-corrected chi connectivity index (χ4v) is 1.98. The first-order chi connectivity index (χ1) is 10.5. The summed E-state index contributed by atoms with van der Waals surface area (Å²) >= 11 is 0. The zero-order valence-corrected chi connectivity index (χ0v) is 13.2. The van der Waals surface area contributed by atoms with Crippen LogP contribution in [0.15, 0.2) is 24.3 Å². The molecule has 1 aromatic rings. The van der Waals surface area contributed by atoms with Crippen molar-refractivity contribution in [2.24, 2.45) is 0 Å². The van der Waals surface area contributed by atoms with Crippen LogP contribution in [0.2, 0.25) is 0 Å². The molecule has 1 rings (SSSR count). The Bertz CT molecular complexity index is 497. The quantitative estimate of drug-likeness (QED) is 0.484. The molecule has 0 spiro atoms. The summed E-state index contributed by atoms with van der Waals surface area (Å²) in [6, 6.07) is 4.89. The second kappa shape index (κ2) is 9.84. The van der Waals surface area contributed by atoms with Gasteiger partial charge in [-0.15, -0.1) is 0 Å². The molecule has 1 atom stereocenters. The van der Waals surface area contributed by atoms with Crippen molar-refractivity contribution in [2.75, 3.05) is 13.7 Å². The van der Waals surface area contributed by atoms with Crippen LogP contribution in [-0.4, -0.2) is 35.9 Å². The van der Waals surface area contributed by atoms with E-state index in [9.17, 15) is 9.90 Å². The molecule has 0 aliphatic heterocycles. The van der Waals surface area contributed by atoms with Crippen LogP contribution in [-0.2, 0) is 4.79 Å². The number of ether oxygens (including phenoxy) is 1. The first kappa shape index (κ1) is 18.0. The van der Waals surface area contributed by atoms with Crippen molar-refractivity contribution in [1.29, 1.82) is 0 Å². The van der Waals surface area contributed by atoms with Gasteiger partial charge in [-0.3, -0.25) is 4.79 Å². The van der Waals surface area contributed by atoms with Crippen LogP contribution in [0.4, 0.5) is 0 Å². The number of hydrogen-bond donors (Lipinski definition) is 3. The highest BCUT2D eigenvalue weighted by Gasteiger charge is 2.01. The summed E-state index contributed by atoms with van der Waals surface area (Å²) in [5.41, 5.74) is 0.779. The van der Waals surface area contributed by atoms with Gasteiger partial charge in [0.1, 0.15) is 0 Å². The number of aromatic hydroxyl groups is 1. The van der Waals surface area contributed by atoms with Crippen LogP contribution in [0, 0.1) is 0 Å². The molecule has 5 heteroatoms. The van der Waals surface area contributed by atoms with E-state index >= 15 is 0 Å². The predicted octanol–water partition coefficient (Wildman–Crippen LogP) is 2.47. The summed E-state index contributed by atoms with van der Waals surface area (Å²) in [7, 11) is 1.48. The summed E-state index contributed by atoms with van der Waals surface area (Å²) in [4.78, 5) is 11.7. The lowest BCUT2D eigenvalue weighted by atomic mass is 10.1. The number of rotatable bonds is 9. The Labute approximate surface area is 131 Å². The number of aliphatic hydroxyl groups is 1. The van der Waals surface area contributed by atoms with Gasteiger partial charge in [0.15, 0.2) is 11.5 Å². The Hall–Kier alpha value is -2.01. The van der Waals surface area contributed by atoms with Crippen molar-refractivity contribution in [3.63, 3.8) is 0 Å². The number of aliphatic hydroxyl groups excluding tert-OH is 1. The molecule has 0 saturated carbocycles. The van der Waals surface area contributed by atoms with E-state index in [1.807, 2.05) is 0 Å². The lowest BCUT2D eigenvalue weighted by Crippen LogP contribution is -2.22. The van der Waals surface area contributed by atoms with E-state index in [2.05, 4.69) is 5.32 Å². The minimum atomic E-state index is -0.250. The first-order valence-corrected chi connectivity index (χ1v) is 7.54. The van der Waals surface area contributed by atoms with Gasteiger partial charge in [0.2, 0.25) is 5.91 Å². The molecule has 1 amide bonds. The van der Waals surface area contributed by atoms with E-state index in [-0.39, 0.29) is 17.8 Å². The topological polar surface area (TPSA) is 78.8 Å². The molecule has 0 fully saturated rings. The van der Waals surface area contributed by atoms with Crippen molar-refractivity contribution < 1.29 is 19.7 Å². The number of phenols is 1. The highest BCUT2D eigenvalue weighted by Crippen LogP contribution is 2.26. The molecule has 0 aliphatic rings. The number of methoxy groups -OCH3 is 1. The van der Waals surface area contributed by atoms with E-state index in [0.717, 1.165) is 31.2 Å². The number of carbonyl (C=O) groups is 1. The molecule has 1 unspecified atom stereocenters. The number of nitrogens with one attached hydrogen (secondary N) is 1. The third kappa shape index (κ3) is 7.13. The maximum atomic E-state index is 11.7. The molecule has 1 aromatic carbocycles. The minimum Gasteiger partial charge on any atom is -0.504 e. The molecule has 122 valence electrons. The van der Waals surface area contributed by atoms with Crippen molar-refractivity contribution >= 4 is 12.0 Å². The molecule has 0 saturated heterocycles. The van der Waals surface area contributed by atoms with Crippen molar-refractivity contribution in [3.05, 3.63) is 29.8 Å². The normalized spacial score (nSPS) is 12.3. The van der Waals surface area contributed by atoms with Crippen LogP contribution >= 0.6 is 0 Å². The van der Waals surface area contributed by atoms with Gasteiger partial charge in [0, 0.05) is 12.6 Å². The number of amides is 1. The minimum absolute atomic E-state index is 0.0706. The van der Waals surface area contributed by atoms with Crippen molar-refractivity contribution in [3.8, 4) is 11.5 Å². The number of hydrogen-bond acceptors (Lipinski definition) is 4. The molecule has 0 radical (unpaired) electrons. The Morgan fingerprint density at radius 2 is 2.14 bits per heavy atom. The fraction of sp³-hybridized carbons (Fsp3) is 0.471. The van der Waals surface area contributed by atoms with E-state index in [1.165, 1.54) is 19.3 Å². The number of unbranched alkanes of at least 4 members (excludes halogenated alkanes) is 2. The molecule has 3 N–H and O–H groups in total. The van der Waals surface area contributed by atoms with Gasteiger partial charge < -0.3 is 20.3 Å². The smallest absolute Gasteiger partial charge is 0.243 e. The van der Waals surface area contributed by atoms with Gasteiger partial charge in [-0.2, -0.15) is 0 Å². The summed E-state index contributed by atoms with van der Waals surface area (Å²) < 4.78 is 5.01. The molecule has 0 heterocycles. The molecule has 0 bridgehead atoms. The maximum absolute atomic E-state index is 11.7. The highest BCUT2D eigenvalue weighted by atomic mass is 16.5. The van der Waals surface area contributed by atoms with Gasteiger partial charge in [-0.1, -0.05) is 18.9 Å². The lowest BCUT2D eigenvalue weighted by Gasteiger charge is -2.05. The van der Waals surface area contributed by atoms with Crippen LogP contribution < -0.4 is 10.1 Å². The third-order valence-corrected chi connectivity index (χ3v) is 3.23. The van der Waals surface area contributed by atoms with Gasteiger partial charge >= 0.3 is 0 Å². The summed E-state index contributed by atoms with van der Waals surface area (Å²) in [6.45, 7) is 2.41. The second-order valence-electron chi connectivity index (χ2n) is 5.25. The third-order valence-electron chi connectivity index (χ3n) is 3.23. The molecule has 0 aromatic heterocycles. The van der Waals surface area contributed by atoms with E-state index < -0.39 is 0 Å². The Kier molecular flexibility index (Phi) is 8.07. The average Bonchev–Trinajstić information content (AvgIpc) is 2.49. The zero-order valence-electron chi connectivity index (χ0n) is 13.2. The van der Waals surface area contributed by atoms with Gasteiger partial charge in [-0.25, -0.2) is 0 Å². The molecule has 5 nitrogen and oxygen atoms in total. The van der Waals surface area contributed by atoms with Gasteiger partial charge in [-0.05, 0) is 43.5 Å². The van der Waals surface area contributed by atoms with Crippen LogP contribution in [0.3, 0.4) is 0 Å². The van der Waals surface area contributed by atoms with E-state index in [4.69, 9.17) is 9.84 Å². The number of phenolic OH excluding ortho intramolecular Hbond substituents is 1. The zero-order chi connectivity index (χ0) is 16.4. The Balaban J connectivity index is 2.29. The van der Waals surface area contributed by atoms with E-state index in [1.54, 1.807) is 25.1 Å². The standard InChI is InChI=1S/C17H25NO4/c1-13(19)6-4-3-5-11-18-17(21)10-8-14-7-9-15(20)16(12-14)22-2/h7-10,12-13,19-20H,3-6,11H2,1-2H3,(H,18,21)/b10-8-. The maximum Gasteiger partial charge on any atom is 0.243 e. The van der Waals surface area contributed by atoms with Crippen LogP contribution in [0.5, 0.6) is 11.5 Å². The lowest BCUT2D eigenvalue weighted by molar-refractivity contribution is -0.116. The number of carbonyl (C=O) groups excluding carboxylic acids is 1. The summed E-state index contributed by atoms with van der Waals surface area (Å²) in [6.07, 6.45) is 6.54. The fourth-order valence-electron chi connectivity index (χ4n) is 1.98. The van der Waals surface area contributed by atoms with Crippen molar-refractivity contribution in [2.45, 2.75) is 38.7 Å². The first-order valence-electron chi connectivity index (χ1n) is 7.54. The van der Waals surface area contributed by atoms with Crippen LogP contribution in [0.25, 0.3) is 6.08 Å². The Morgan fingerprint density at radius 1 is 1.36 bits per heavy atom. The Morgan fingerprint density at radius 3 is 2.82 bits per heavy atom. The predicted molar refractivity (Wildman–Crippen MR) is 86.9 cm³/mol. The largest absolute Gasteiger partial charge is 0.504 e. The van der Waals surface area contributed by atoms with Gasteiger partial charge in [0.25, 0.3) is 0 Å². The summed E-state index contributed by atoms with van der Waals surface area (Å²) in [5.74, 6) is 0.296.